The Morgan fingerprint density at radius 3 is 2.81 bits per heavy atom. The Morgan fingerprint density at radius 1 is 1.04 bits per heavy atom. The van der Waals surface area contributed by atoms with Gasteiger partial charge in [0, 0.05) is 30.3 Å². The molecular weight excluding hydrogens is 353 g/mol. The van der Waals surface area contributed by atoms with Crippen molar-refractivity contribution in [2.24, 2.45) is 0 Å². The molecule has 3 aromatic rings. The van der Waals surface area contributed by atoms with Gasteiger partial charge in [-0.3, -0.25) is 0 Å². The summed E-state index contributed by atoms with van der Waals surface area (Å²) < 4.78 is 24.5. The summed E-state index contributed by atoms with van der Waals surface area (Å²) in [6.07, 6.45) is 3.27. The van der Waals surface area contributed by atoms with E-state index < -0.39 is 0 Å². The van der Waals surface area contributed by atoms with E-state index in [1.54, 1.807) is 36.3 Å². The number of thioether (sulfide) groups is 1. The highest BCUT2D eigenvalue weighted by atomic mass is 32.2. The Balaban J connectivity index is 1.43. The molecule has 2 aromatic carbocycles. The summed E-state index contributed by atoms with van der Waals surface area (Å²) in [7, 11) is 0. The van der Waals surface area contributed by atoms with Gasteiger partial charge in [-0.15, -0.1) is 0 Å². The van der Waals surface area contributed by atoms with Crippen LogP contribution in [0.4, 0.5) is 10.2 Å². The zero-order valence-corrected chi connectivity index (χ0v) is 14.6. The minimum atomic E-state index is -0.238. The largest absolute Gasteiger partial charge is 0.454 e. The van der Waals surface area contributed by atoms with Crippen LogP contribution in [0.25, 0.3) is 0 Å². The van der Waals surface area contributed by atoms with Gasteiger partial charge in [0.1, 0.15) is 10.8 Å². The first-order chi connectivity index (χ1) is 12.8. The lowest BCUT2D eigenvalue weighted by Gasteiger charge is -2.10. The number of halogens is 1. The van der Waals surface area contributed by atoms with Gasteiger partial charge >= 0.3 is 0 Å². The van der Waals surface area contributed by atoms with Crippen LogP contribution in [0.3, 0.4) is 0 Å². The molecule has 0 bridgehead atoms. The average molecular weight is 369 g/mol. The van der Waals surface area contributed by atoms with E-state index in [-0.39, 0.29) is 12.6 Å². The summed E-state index contributed by atoms with van der Waals surface area (Å²) in [5.74, 6) is 2.65. The van der Waals surface area contributed by atoms with Crippen LogP contribution in [0, 0.1) is 5.82 Å². The van der Waals surface area contributed by atoms with Gasteiger partial charge in [0.25, 0.3) is 0 Å². The first-order valence-corrected chi connectivity index (χ1v) is 9.08. The number of fused-ring (bicyclic) bond motifs is 1. The number of anilines is 1. The second-order valence-electron chi connectivity index (χ2n) is 5.63. The number of hydrogen-bond donors (Lipinski definition) is 1. The predicted octanol–water partition coefficient (Wildman–Crippen LogP) is 4.25. The standard InChI is InChI=1S/C19H16FN3O2S/c20-15-4-2-1-3-14(15)10-23-18-19(22-8-7-21-18)26-11-13-5-6-16-17(9-13)25-12-24-16/h1-9H,10-12H2,(H,21,23). The molecule has 26 heavy (non-hydrogen) atoms. The third-order valence-corrected chi connectivity index (χ3v) is 4.93. The van der Waals surface area contributed by atoms with Crippen LogP contribution in [-0.4, -0.2) is 16.8 Å². The summed E-state index contributed by atoms with van der Waals surface area (Å²) in [4.78, 5) is 8.72. The smallest absolute Gasteiger partial charge is 0.231 e. The number of rotatable bonds is 6. The Kier molecular flexibility index (Phi) is 4.88. The fourth-order valence-electron chi connectivity index (χ4n) is 2.56. The molecule has 0 amide bonds. The number of nitrogens with zero attached hydrogens (tertiary/aromatic N) is 2. The van der Waals surface area contributed by atoms with Crippen molar-refractivity contribution in [3.05, 3.63) is 71.8 Å². The van der Waals surface area contributed by atoms with Gasteiger partial charge in [-0.1, -0.05) is 36.0 Å². The SMILES string of the molecule is Fc1ccccc1CNc1nccnc1SCc1ccc2c(c1)OCO2. The molecule has 0 unspecified atom stereocenters. The maximum Gasteiger partial charge on any atom is 0.231 e. The quantitative estimate of drug-likeness (QED) is 0.656. The van der Waals surface area contributed by atoms with Crippen molar-refractivity contribution >= 4 is 17.6 Å². The van der Waals surface area contributed by atoms with Crippen molar-refractivity contribution in [2.45, 2.75) is 17.3 Å². The van der Waals surface area contributed by atoms with Crippen LogP contribution < -0.4 is 14.8 Å². The van der Waals surface area contributed by atoms with E-state index in [1.165, 1.54) is 6.07 Å². The van der Waals surface area contributed by atoms with E-state index in [4.69, 9.17) is 9.47 Å². The molecule has 7 heteroatoms. The average Bonchev–Trinajstić information content (AvgIpc) is 3.14. The molecule has 1 N–H and O–H groups in total. The minimum absolute atomic E-state index is 0.238. The van der Waals surface area contributed by atoms with Crippen LogP contribution in [0.2, 0.25) is 0 Å². The zero-order valence-electron chi connectivity index (χ0n) is 13.8. The second kappa shape index (κ2) is 7.61. The number of ether oxygens (including phenoxy) is 2. The van der Waals surface area contributed by atoms with Gasteiger partial charge in [-0.2, -0.15) is 0 Å². The molecule has 0 spiro atoms. The Labute approximate surface area is 154 Å². The molecule has 0 fully saturated rings. The van der Waals surface area contributed by atoms with Crippen molar-refractivity contribution in [1.29, 1.82) is 0 Å². The first-order valence-electron chi connectivity index (χ1n) is 8.09. The maximum atomic E-state index is 13.8. The molecule has 0 radical (unpaired) electrons. The van der Waals surface area contributed by atoms with Gasteiger partial charge < -0.3 is 14.8 Å². The van der Waals surface area contributed by atoms with Crippen LogP contribution >= 0.6 is 11.8 Å². The van der Waals surface area contributed by atoms with Crippen molar-refractivity contribution in [3.63, 3.8) is 0 Å². The zero-order chi connectivity index (χ0) is 17.8. The summed E-state index contributed by atoms with van der Waals surface area (Å²) in [5.41, 5.74) is 1.69. The van der Waals surface area contributed by atoms with Crippen LogP contribution in [0.5, 0.6) is 11.5 Å². The first kappa shape index (κ1) is 16.7. The lowest BCUT2D eigenvalue weighted by molar-refractivity contribution is 0.174. The van der Waals surface area contributed by atoms with E-state index in [9.17, 15) is 4.39 Å². The minimum Gasteiger partial charge on any atom is -0.454 e. The van der Waals surface area contributed by atoms with E-state index in [2.05, 4.69) is 15.3 Å². The molecule has 132 valence electrons. The normalized spacial score (nSPS) is 12.2. The Morgan fingerprint density at radius 2 is 1.88 bits per heavy atom. The van der Waals surface area contributed by atoms with E-state index in [1.807, 2.05) is 24.3 Å². The molecule has 1 aliphatic rings. The molecule has 1 aliphatic heterocycles. The summed E-state index contributed by atoms with van der Waals surface area (Å²) in [6, 6.07) is 12.6. The van der Waals surface area contributed by atoms with Gasteiger partial charge in [0.05, 0.1) is 0 Å². The third-order valence-electron chi connectivity index (χ3n) is 3.88. The Bertz CT molecular complexity index is 923. The molecule has 0 aliphatic carbocycles. The lowest BCUT2D eigenvalue weighted by Crippen LogP contribution is -2.05. The number of hydrogen-bond acceptors (Lipinski definition) is 6. The van der Waals surface area contributed by atoms with Gasteiger partial charge in [0.2, 0.25) is 6.79 Å². The molecule has 0 saturated heterocycles. The molecule has 1 aromatic heterocycles. The van der Waals surface area contributed by atoms with Crippen molar-refractivity contribution < 1.29 is 13.9 Å². The molecule has 2 heterocycles. The third kappa shape index (κ3) is 3.72. The fraction of sp³-hybridized carbons (Fsp3) is 0.158. The maximum absolute atomic E-state index is 13.8. The van der Waals surface area contributed by atoms with Crippen molar-refractivity contribution in [3.8, 4) is 11.5 Å². The fourth-order valence-corrected chi connectivity index (χ4v) is 3.44. The van der Waals surface area contributed by atoms with Crippen molar-refractivity contribution in [1.82, 2.24) is 9.97 Å². The van der Waals surface area contributed by atoms with Gasteiger partial charge in [-0.05, 0) is 23.8 Å². The van der Waals surface area contributed by atoms with Crippen LogP contribution in [-0.2, 0) is 12.3 Å². The highest BCUT2D eigenvalue weighted by Crippen LogP contribution is 2.35. The molecule has 0 atom stereocenters. The molecule has 0 saturated carbocycles. The summed E-state index contributed by atoms with van der Waals surface area (Å²) in [5, 5.41) is 3.93. The Hall–Kier alpha value is -2.80. The topological polar surface area (TPSA) is 56.3 Å². The van der Waals surface area contributed by atoms with Gasteiger partial charge in [-0.25, -0.2) is 14.4 Å². The highest BCUT2D eigenvalue weighted by Gasteiger charge is 2.14. The monoisotopic (exact) mass is 369 g/mol. The number of benzene rings is 2. The van der Waals surface area contributed by atoms with E-state index >= 15 is 0 Å². The van der Waals surface area contributed by atoms with Crippen LogP contribution in [0.15, 0.2) is 59.9 Å². The van der Waals surface area contributed by atoms with Crippen molar-refractivity contribution in [2.75, 3.05) is 12.1 Å². The number of nitrogens with one attached hydrogen (secondary N) is 1. The summed E-state index contributed by atoms with van der Waals surface area (Å²) >= 11 is 1.56. The summed E-state index contributed by atoms with van der Waals surface area (Å²) in [6.45, 7) is 0.614. The van der Waals surface area contributed by atoms with E-state index in [0.29, 0.717) is 23.7 Å². The number of aromatic nitrogens is 2. The highest BCUT2D eigenvalue weighted by molar-refractivity contribution is 7.98. The molecular formula is C19H16FN3O2S. The lowest BCUT2D eigenvalue weighted by atomic mass is 10.2. The van der Waals surface area contributed by atoms with Crippen LogP contribution in [0.1, 0.15) is 11.1 Å². The van der Waals surface area contributed by atoms with E-state index in [0.717, 1.165) is 22.1 Å². The molecule has 4 rings (SSSR count). The van der Waals surface area contributed by atoms with Gasteiger partial charge in [0.15, 0.2) is 17.3 Å². The predicted molar refractivity (Wildman–Crippen MR) is 97.9 cm³/mol. The molecule has 5 nitrogen and oxygen atoms in total. The second-order valence-corrected chi connectivity index (χ2v) is 6.60.